The standard InChI is InChI=1S/C13H10BrNO3/c1-2-5-18-13(17)10(8-15)6-9-3-4-12(16)11(14)7-9/h2-4,6-7,16H,1,5H2/b10-6+. The van der Waals surface area contributed by atoms with Gasteiger partial charge in [-0.2, -0.15) is 5.26 Å². The van der Waals surface area contributed by atoms with E-state index in [1.54, 1.807) is 18.2 Å². The zero-order valence-electron chi connectivity index (χ0n) is 9.39. The van der Waals surface area contributed by atoms with E-state index in [4.69, 9.17) is 10.00 Å². The maximum atomic E-state index is 11.5. The second-order valence-corrected chi connectivity index (χ2v) is 4.12. The van der Waals surface area contributed by atoms with Crippen molar-refractivity contribution in [2.45, 2.75) is 0 Å². The van der Waals surface area contributed by atoms with Gasteiger partial charge >= 0.3 is 5.97 Å². The van der Waals surface area contributed by atoms with Gasteiger partial charge in [0.2, 0.25) is 0 Å². The largest absolute Gasteiger partial charge is 0.507 e. The summed E-state index contributed by atoms with van der Waals surface area (Å²) in [4.78, 5) is 11.5. The lowest BCUT2D eigenvalue weighted by Gasteiger charge is -2.01. The molecule has 0 aliphatic rings. The van der Waals surface area contributed by atoms with Gasteiger partial charge in [-0.1, -0.05) is 18.7 Å². The van der Waals surface area contributed by atoms with Crippen LogP contribution in [0.15, 0.2) is 40.9 Å². The third kappa shape index (κ3) is 3.75. The third-order valence-electron chi connectivity index (χ3n) is 1.96. The molecule has 0 saturated heterocycles. The van der Waals surface area contributed by atoms with Gasteiger partial charge in [0.15, 0.2) is 0 Å². The predicted molar refractivity (Wildman–Crippen MR) is 70.6 cm³/mol. The van der Waals surface area contributed by atoms with Crippen LogP contribution in [-0.2, 0) is 9.53 Å². The first-order valence-corrected chi connectivity index (χ1v) is 5.76. The first-order valence-electron chi connectivity index (χ1n) is 4.96. The highest BCUT2D eigenvalue weighted by Gasteiger charge is 2.10. The van der Waals surface area contributed by atoms with E-state index < -0.39 is 5.97 Å². The molecule has 1 N–H and O–H groups in total. The van der Waals surface area contributed by atoms with Gasteiger partial charge in [0, 0.05) is 0 Å². The Morgan fingerprint density at radius 2 is 2.33 bits per heavy atom. The number of benzene rings is 1. The number of halogens is 1. The van der Waals surface area contributed by atoms with E-state index >= 15 is 0 Å². The summed E-state index contributed by atoms with van der Waals surface area (Å²) in [6.07, 6.45) is 2.81. The van der Waals surface area contributed by atoms with Crippen molar-refractivity contribution in [1.82, 2.24) is 0 Å². The summed E-state index contributed by atoms with van der Waals surface area (Å²) >= 11 is 3.15. The maximum Gasteiger partial charge on any atom is 0.349 e. The van der Waals surface area contributed by atoms with Crippen LogP contribution in [0.3, 0.4) is 0 Å². The van der Waals surface area contributed by atoms with Crippen LogP contribution < -0.4 is 0 Å². The average Bonchev–Trinajstić information content (AvgIpc) is 2.37. The zero-order chi connectivity index (χ0) is 13.5. The Morgan fingerprint density at radius 1 is 1.61 bits per heavy atom. The van der Waals surface area contributed by atoms with Gasteiger partial charge in [-0.3, -0.25) is 0 Å². The van der Waals surface area contributed by atoms with Gasteiger partial charge in [0.25, 0.3) is 0 Å². The first kappa shape index (κ1) is 14.0. The first-order chi connectivity index (χ1) is 8.58. The summed E-state index contributed by atoms with van der Waals surface area (Å²) in [5.74, 6) is -0.624. The molecule has 0 aromatic heterocycles. The average molecular weight is 308 g/mol. The minimum Gasteiger partial charge on any atom is -0.507 e. The highest BCUT2D eigenvalue weighted by Crippen LogP contribution is 2.25. The summed E-state index contributed by atoms with van der Waals surface area (Å²) in [5.41, 5.74) is 0.487. The lowest BCUT2D eigenvalue weighted by atomic mass is 10.1. The second kappa shape index (κ2) is 6.62. The lowest BCUT2D eigenvalue weighted by molar-refractivity contribution is -0.137. The van der Waals surface area contributed by atoms with Gasteiger partial charge < -0.3 is 9.84 Å². The number of carbonyl (C=O) groups is 1. The van der Waals surface area contributed by atoms with E-state index in [1.807, 2.05) is 0 Å². The molecule has 0 radical (unpaired) electrons. The van der Waals surface area contributed by atoms with E-state index in [0.29, 0.717) is 10.0 Å². The van der Waals surface area contributed by atoms with Crippen LogP contribution in [0.25, 0.3) is 6.08 Å². The van der Waals surface area contributed by atoms with Crippen LogP contribution in [0.2, 0.25) is 0 Å². The van der Waals surface area contributed by atoms with Crippen molar-refractivity contribution in [3.63, 3.8) is 0 Å². The molecule has 0 saturated carbocycles. The molecule has 0 atom stereocenters. The van der Waals surface area contributed by atoms with E-state index in [9.17, 15) is 9.90 Å². The molecule has 18 heavy (non-hydrogen) atoms. The molecule has 0 aliphatic heterocycles. The third-order valence-corrected chi connectivity index (χ3v) is 2.59. The van der Waals surface area contributed by atoms with Crippen LogP contribution in [0.4, 0.5) is 0 Å². The maximum absolute atomic E-state index is 11.5. The van der Waals surface area contributed by atoms with Crippen LogP contribution in [0.5, 0.6) is 5.75 Å². The molecule has 1 aromatic rings. The van der Waals surface area contributed by atoms with Crippen molar-refractivity contribution in [3.8, 4) is 11.8 Å². The summed E-state index contributed by atoms with van der Waals surface area (Å²) in [5, 5.41) is 18.2. The Kier molecular flexibility index (Phi) is 5.15. The van der Waals surface area contributed by atoms with Crippen LogP contribution in [0, 0.1) is 11.3 Å². The molecule has 0 fully saturated rings. The zero-order valence-corrected chi connectivity index (χ0v) is 11.0. The number of hydrogen-bond donors (Lipinski definition) is 1. The molecule has 1 rings (SSSR count). The Hall–Kier alpha value is -2.06. The summed E-state index contributed by atoms with van der Waals surface area (Å²) < 4.78 is 5.24. The number of phenolic OH excluding ortho intramolecular Hbond substituents is 1. The smallest absolute Gasteiger partial charge is 0.349 e. The van der Waals surface area contributed by atoms with Gasteiger partial charge in [-0.15, -0.1) is 0 Å². The van der Waals surface area contributed by atoms with Crippen molar-refractivity contribution < 1.29 is 14.6 Å². The number of hydrogen-bond acceptors (Lipinski definition) is 4. The van der Waals surface area contributed by atoms with E-state index in [-0.39, 0.29) is 17.9 Å². The number of nitrogens with zero attached hydrogens (tertiary/aromatic N) is 1. The molecule has 0 heterocycles. The number of ether oxygens (including phenoxy) is 1. The molecule has 0 bridgehead atoms. The molecule has 1 aromatic carbocycles. The highest BCUT2D eigenvalue weighted by molar-refractivity contribution is 9.10. The second-order valence-electron chi connectivity index (χ2n) is 3.27. The Bertz CT molecular complexity index is 544. The molecule has 0 spiro atoms. The van der Waals surface area contributed by atoms with Crippen molar-refractivity contribution in [3.05, 3.63) is 46.5 Å². The molecule has 92 valence electrons. The van der Waals surface area contributed by atoms with Crippen LogP contribution in [0.1, 0.15) is 5.56 Å². The molecule has 0 unspecified atom stereocenters. The van der Waals surface area contributed by atoms with E-state index in [0.717, 1.165) is 0 Å². The number of aromatic hydroxyl groups is 1. The number of rotatable bonds is 4. The number of phenols is 1. The van der Waals surface area contributed by atoms with E-state index in [2.05, 4.69) is 22.5 Å². The van der Waals surface area contributed by atoms with Crippen LogP contribution in [-0.4, -0.2) is 17.7 Å². The topological polar surface area (TPSA) is 70.3 Å². The lowest BCUT2D eigenvalue weighted by Crippen LogP contribution is -2.06. The number of esters is 1. The minimum absolute atomic E-state index is 0.0527. The van der Waals surface area contributed by atoms with Gasteiger partial charge in [0.05, 0.1) is 4.47 Å². The molecular formula is C13H10BrNO3. The molecular weight excluding hydrogens is 298 g/mol. The van der Waals surface area contributed by atoms with Gasteiger partial charge in [-0.25, -0.2) is 4.79 Å². The van der Waals surface area contributed by atoms with Gasteiger partial charge in [-0.05, 0) is 39.7 Å². The fraction of sp³-hybridized carbons (Fsp3) is 0.0769. The summed E-state index contributed by atoms with van der Waals surface area (Å²) in [7, 11) is 0. The Morgan fingerprint density at radius 3 is 2.89 bits per heavy atom. The van der Waals surface area contributed by atoms with Gasteiger partial charge in [0.1, 0.15) is 24.0 Å². The van der Waals surface area contributed by atoms with Crippen molar-refractivity contribution >= 4 is 28.0 Å². The fourth-order valence-electron chi connectivity index (χ4n) is 1.13. The molecule has 4 nitrogen and oxygen atoms in total. The summed E-state index contributed by atoms with van der Waals surface area (Å²) in [6, 6.07) is 6.40. The monoisotopic (exact) mass is 307 g/mol. The van der Waals surface area contributed by atoms with Crippen molar-refractivity contribution in [2.75, 3.05) is 6.61 Å². The SMILES string of the molecule is C=CCOC(=O)/C(C#N)=C/c1ccc(O)c(Br)c1. The number of nitriles is 1. The van der Waals surface area contributed by atoms with Crippen LogP contribution >= 0.6 is 15.9 Å². The minimum atomic E-state index is -0.707. The predicted octanol–water partition coefficient (Wildman–Crippen LogP) is 2.79. The Labute approximate surface area is 113 Å². The van der Waals surface area contributed by atoms with E-state index in [1.165, 1.54) is 18.2 Å². The Balaban J connectivity index is 2.97. The highest BCUT2D eigenvalue weighted by atomic mass is 79.9. The van der Waals surface area contributed by atoms with Crippen molar-refractivity contribution in [2.24, 2.45) is 0 Å². The van der Waals surface area contributed by atoms with Crippen molar-refractivity contribution in [1.29, 1.82) is 5.26 Å². The summed E-state index contributed by atoms with van der Waals surface area (Å²) in [6.45, 7) is 3.46. The molecule has 0 amide bonds. The fourth-order valence-corrected chi connectivity index (χ4v) is 1.53. The molecule has 0 aliphatic carbocycles. The quantitative estimate of drug-likeness (QED) is 0.402. The normalized spacial score (nSPS) is 10.6. The molecule has 5 heteroatoms. The number of carbonyl (C=O) groups excluding carboxylic acids is 1.